The van der Waals surface area contributed by atoms with E-state index >= 15 is 0 Å². The van der Waals surface area contributed by atoms with Crippen molar-refractivity contribution in [1.29, 1.82) is 0 Å². The number of rotatable bonds is 5. The maximum atomic E-state index is 11.2. The van der Waals surface area contributed by atoms with E-state index in [-0.39, 0.29) is 18.9 Å². The number of aliphatic hydroxyl groups is 1. The Labute approximate surface area is 89.2 Å². The van der Waals surface area contributed by atoms with Crippen LogP contribution in [0.25, 0.3) is 0 Å². The zero-order valence-corrected chi connectivity index (χ0v) is 9.29. The molecule has 1 aromatic rings. The third-order valence-electron chi connectivity index (χ3n) is 1.78. The molecule has 0 atom stereocenters. The van der Waals surface area contributed by atoms with Gasteiger partial charge in [0.05, 0.1) is 24.6 Å². The summed E-state index contributed by atoms with van der Waals surface area (Å²) in [5.74, 6) is -0.279. The molecule has 0 spiro atoms. The number of nitrogens with zero attached hydrogens (tertiary/aromatic N) is 1. The zero-order chi connectivity index (χ0) is 11.3. The molecule has 0 saturated heterocycles. The molecule has 0 amide bonds. The van der Waals surface area contributed by atoms with Crippen LogP contribution >= 0.6 is 0 Å². The molecule has 0 aliphatic carbocycles. The molecule has 2 N–H and O–H groups in total. The van der Waals surface area contributed by atoms with Crippen molar-refractivity contribution in [1.82, 2.24) is 9.71 Å². The second-order valence-corrected chi connectivity index (χ2v) is 5.06. The van der Waals surface area contributed by atoms with Crippen LogP contribution in [0.4, 0.5) is 0 Å². The third kappa shape index (κ3) is 4.37. The molecule has 0 aliphatic heterocycles. The molecule has 6 heteroatoms. The molecule has 0 radical (unpaired) electrons. The Bertz CT molecular complexity index is 417. The standard InChI is InChI=1S/C9H14N2O3S/c1-8-3-2-4-9(11-8)7-10-15(13,14)6-5-12/h2-4,10,12H,5-7H2,1H3. The summed E-state index contributed by atoms with van der Waals surface area (Å²) >= 11 is 0. The van der Waals surface area contributed by atoms with E-state index < -0.39 is 10.0 Å². The van der Waals surface area contributed by atoms with Crippen LogP contribution in [0.3, 0.4) is 0 Å². The lowest BCUT2D eigenvalue weighted by atomic mass is 10.3. The van der Waals surface area contributed by atoms with Gasteiger partial charge in [-0.25, -0.2) is 13.1 Å². The summed E-state index contributed by atoms with van der Waals surface area (Å²) in [6.45, 7) is 1.62. The first-order chi connectivity index (χ1) is 7.03. The van der Waals surface area contributed by atoms with Crippen molar-refractivity contribution in [2.45, 2.75) is 13.5 Å². The number of hydrogen-bond acceptors (Lipinski definition) is 4. The van der Waals surface area contributed by atoms with Gasteiger partial charge in [-0.1, -0.05) is 6.07 Å². The van der Waals surface area contributed by atoms with E-state index in [1.54, 1.807) is 6.07 Å². The molecule has 84 valence electrons. The molecule has 0 unspecified atom stereocenters. The highest BCUT2D eigenvalue weighted by atomic mass is 32.2. The highest BCUT2D eigenvalue weighted by Gasteiger charge is 2.08. The predicted molar refractivity (Wildman–Crippen MR) is 56.7 cm³/mol. The van der Waals surface area contributed by atoms with E-state index in [1.165, 1.54) is 0 Å². The molecule has 0 aliphatic rings. The lowest BCUT2D eigenvalue weighted by molar-refractivity contribution is 0.319. The van der Waals surface area contributed by atoms with Crippen molar-refractivity contribution in [2.75, 3.05) is 12.4 Å². The average Bonchev–Trinajstić information content (AvgIpc) is 2.15. The van der Waals surface area contributed by atoms with Gasteiger partial charge < -0.3 is 5.11 Å². The van der Waals surface area contributed by atoms with E-state index in [9.17, 15) is 8.42 Å². The third-order valence-corrected chi connectivity index (χ3v) is 3.08. The number of hydrogen-bond donors (Lipinski definition) is 2. The lowest BCUT2D eigenvalue weighted by Gasteiger charge is -2.05. The smallest absolute Gasteiger partial charge is 0.214 e. The van der Waals surface area contributed by atoms with Crippen molar-refractivity contribution in [3.8, 4) is 0 Å². The molecule has 1 heterocycles. The fraction of sp³-hybridized carbons (Fsp3) is 0.444. The van der Waals surface area contributed by atoms with Crippen LogP contribution in [-0.2, 0) is 16.6 Å². The Balaban J connectivity index is 2.58. The first-order valence-electron chi connectivity index (χ1n) is 4.54. The van der Waals surface area contributed by atoms with Crippen LogP contribution in [0.2, 0.25) is 0 Å². The molecular weight excluding hydrogens is 216 g/mol. The van der Waals surface area contributed by atoms with Gasteiger partial charge in [-0.05, 0) is 19.1 Å². The van der Waals surface area contributed by atoms with Gasteiger partial charge in [0.2, 0.25) is 10.0 Å². The average molecular weight is 230 g/mol. The van der Waals surface area contributed by atoms with Gasteiger partial charge in [0, 0.05) is 5.69 Å². The minimum atomic E-state index is -3.38. The summed E-state index contributed by atoms with van der Waals surface area (Å²) in [5, 5.41) is 8.51. The summed E-state index contributed by atoms with van der Waals surface area (Å²) in [4.78, 5) is 4.15. The van der Waals surface area contributed by atoms with Gasteiger partial charge in [0.15, 0.2) is 0 Å². The number of aromatic nitrogens is 1. The van der Waals surface area contributed by atoms with Crippen LogP contribution < -0.4 is 4.72 Å². The maximum Gasteiger partial charge on any atom is 0.214 e. The highest BCUT2D eigenvalue weighted by Crippen LogP contribution is 1.98. The predicted octanol–water partition coefficient (Wildman–Crippen LogP) is -0.198. The lowest BCUT2D eigenvalue weighted by Crippen LogP contribution is -2.27. The Morgan fingerprint density at radius 1 is 1.47 bits per heavy atom. The van der Waals surface area contributed by atoms with E-state index in [1.807, 2.05) is 19.1 Å². The van der Waals surface area contributed by atoms with Gasteiger partial charge in [0.1, 0.15) is 0 Å². The summed E-state index contributed by atoms with van der Waals surface area (Å²) in [5.41, 5.74) is 1.50. The number of nitrogens with one attached hydrogen (secondary N) is 1. The minimum Gasteiger partial charge on any atom is -0.395 e. The monoisotopic (exact) mass is 230 g/mol. The fourth-order valence-corrected chi connectivity index (χ4v) is 1.83. The van der Waals surface area contributed by atoms with Gasteiger partial charge >= 0.3 is 0 Å². The summed E-state index contributed by atoms with van der Waals surface area (Å²) in [7, 11) is -3.38. The van der Waals surface area contributed by atoms with Crippen LogP contribution in [0.5, 0.6) is 0 Å². The van der Waals surface area contributed by atoms with Crippen LogP contribution in [0.15, 0.2) is 18.2 Å². The summed E-state index contributed by atoms with van der Waals surface area (Å²) in [6.07, 6.45) is 0. The second-order valence-electron chi connectivity index (χ2n) is 3.13. The SMILES string of the molecule is Cc1cccc(CNS(=O)(=O)CCO)n1. The molecule has 15 heavy (non-hydrogen) atoms. The van der Waals surface area contributed by atoms with Crippen molar-refractivity contribution in [3.05, 3.63) is 29.6 Å². The fourth-order valence-electron chi connectivity index (χ4n) is 1.07. The number of aliphatic hydroxyl groups excluding tert-OH is 1. The Hall–Kier alpha value is -0.980. The van der Waals surface area contributed by atoms with Crippen LogP contribution in [-0.4, -0.2) is 30.9 Å². The highest BCUT2D eigenvalue weighted by molar-refractivity contribution is 7.89. The molecule has 0 fully saturated rings. The van der Waals surface area contributed by atoms with Gasteiger partial charge in [-0.2, -0.15) is 0 Å². The Morgan fingerprint density at radius 3 is 2.80 bits per heavy atom. The maximum absolute atomic E-state index is 11.2. The number of pyridine rings is 1. The van der Waals surface area contributed by atoms with Crippen molar-refractivity contribution in [3.63, 3.8) is 0 Å². The first-order valence-corrected chi connectivity index (χ1v) is 6.19. The number of aryl methyl sites for hydroxylation is 1. The quantitative estimate of drug-likeness (QED) is 0.734. The zero-order valence-electron chi connectivity index (χ0n) is 8.47. The molecule has 1 rings (SSSR count). The van der Waals surface area contributed by atoms with E-state index in [0.29, 0.717) is 5.69 Å². The van der Waals surface area contributed by atoms with Crippen molar-refractivity contribution < 1.29 is 13.5 Å². The largest absolute Gasteiger partial charge is 0.395 e. The first kappa shape index (κ1) is 12.1. The molecule has 0 bridgehead atoms. The van der Waals surface area contributed by atoms with E-state index in [0.717, 1.165) is 5.69 Å². The van der Waals surface area contributed by atoms with Gasteiger partial charge in [-0.3, -0.25) is 4.98 Å². The van der Waals surface area contributed by atoms with Crippen LogP contribution in [0, 0.1) is 6.92 Å². The van der Waals surface area contributed by atoms with E-state index in [2.05, 4.69) is 9.71 Å². The van der Waals surface area contributed by atoms with Crippen molar-refractivity contribution in [2.24, 2.45) is 0 Å². The summed E-state index contributed by atoms with van der Waals surface area (Å²) < 4.78 is 24.7. The number of sulfonamides is 1. The summed E-state index contributed by atoms with van der Waals surface area (Å²) in [6, 6.07) is 5.40. The Morgan fingerprint density at radius 2 is 2.20 bits per heavy atom. The molecule has 1 aromatic heterocycles. The minimum absolute atomic E-state index is 0.157. The molecule has 0 aromatic carbocycles. The normalized spacial score (nSPS) is 11.6. The van der Waals surface area contributed by atoms with Crippen LogP contribution in [0.1, 0.15) is 11.4 Å². The topological polar surface area (TPSA) is 79.3 Å². The molecule has 0 saturated carbocycles. The van der Waals surface area contributed by atoms with Gasteiger partial charge in [-0.15, -0.1) is 0 Å². The molecule has 5 nitrogen and oxygen atoms in total. The molecular formula is C9H14N2O3S. The van der Waals surface area contributed by atoms with Crippen molar-refractivity contribution >= 4 is 10.0 Å². The van der Waals surface area contributed by atoms with Gasteiger partial charge in [0.25, 0.3) is 0 Å². The second kappa shape index (κ2) is 5.20. The Kier molecular flexibility index (Phi) is 4.19. The van der Waals surface area contributed by atoms with E-state index in [4.69, 9.17) is 5.11 Å².